The fourth-order valence-electron chi connectivity index (χ4n) is 1.99. The van der Waals surface area contributed by atoms with Crippen molar-refractivity contribution in [1.29, 1.82) is 0 Å². The Labute approximate surface area is 118 Å². The van der Waals surface area contributed by atoms with Gasteiger partial charge in [-0.3, -0.25) is 9.59 Å². The monoisotopic (exact) mass is 267 g/mol. The van der Waals surface area contributed by atoms with E-state index in [0.717, 1.165) is 0 Å². The van der Waals surface area contributed by atoms with E-state index in [2.05, 4.69) is 5.32 Å². The van der Waals surface area contributed by atoms with Crippen molar-refractivity contribution in [3.63, 3.8) is 0 Å². The predicted molar refractivity (Wildman–Crippen MR) is 78.8 cm³/mol. The van der Waals surface area contributed by atoms with Gasteiger partial charge < -0.3 is 5.32 Å². The lowest BCUT2D eigenvalue weighted by Gasteiger charge is -2.16. The van der Waals surface area contributed by atoms with E-state index in [9.17, 15) is 9.59 Å². The molecule has 2 rings (SSSR count). The second kappa shape index (κ2) is 6.66. The van der Waals surface area contributed by atoms with Gasteiger partial charge in [0, 0.05) is 11.1 Å². The van der Waals surface area contributed by atoms with Gasteiger partial charge in [-0.2, -0.15) is 0 Å². The van der Waals surface area contributed by atoms with Crippen molar-refractivity contribution in [1.82, 2.24) is 5.32 Å². The highest BCUT2D eigenvalue weighted by Gasteiger charge is 2.20. The molecule has 0 heterocycles. The molecule has 0 aromatic heterocycles. The summed E-state index contributed by atoms with van der Waals surface area (Å²) in [4.78, 5) is 24.4. The summed E-state index contributed by atoms with van der Waals surface area (Å²) < 4.78 is 0. The molecule has 3 nitrogen and oxygen atoms in total. The lowest BCUT2D eigenvalue weighted by atomic mass is 10.0. The summed E-state index contributed by atoms with van der Waals surface area (Å²) in [6.45, 7) is 1.89. The summed E-state index contributed by atoms with van der Waals surface area (Å²) in [5.41, 5.74) is 1.18. The van der Waals surface area contributed by atoms with Crippen molar-refractivity contribution in [2.24, 2.45) is 0 Å². The largest absolute Gasteiger partial charge is 0.342 e. The van der Waals surface area contributed by atoms with Crippen LogP contribution in [0.2, 0.25) is 0 Å². The average Bonchev–Trinajstić information content (AvgIpc) is 2.53. The highest BCUT2D eigenvalue weighted by atomic mass is 16.2. The smallest absolute Gasteiger partial charge is 0.251 e. The van der Waals surface area contributed by atoms with Crippen LogP contribution in [-0.4, -0.2) is 17.7 Å². The number of carbonyl (C=O) groups is 2. The fraction of sp³-hybridized carbons (Fsp3) is 0.176. The number of nitrogens with one attached hydrogen (secondary N) is 1. The molecule has 1 atom stereocenters. The van der Waals surface area contributed by atoms with Crippen molar-refractivity contribution in [3.05, 3.63) is 71.8 Å². The van der Waals surface area contributed by atoms with Gasteiger partial charge in [0.2, 0.25) is 0 Å². The third-order valence-electron chi connectivity index (χ3n) is 3.12. The first-order chi connectivity index (χ1) is 9.72. The predicted octanol–water partition coefficient (Wildman–Crippen LogP) is 3.08. The number of benzene rings is 2. The summed E-state index contributed by atoms with van der Waals surface area (Å²) in [7, 11) is 0. The molecule has 0 spiro atoms. The SMILES string of the molecule is CCC(NC(=O)c1ccccc1)C(=O)c1ccccc1. The Morgan fingerprint density at radius 1 is 0.900 bits per heavy atom. The Balaban J connectivity index is 2.10. The van der Waals surface area contributed by atoms with Crippen LogP contribution in [0.5, 0.6) is 0 Å². The van der Waals surface area contributed by atoms with Gasteiger partial charge in [-0.05, 0) is 18.6 Å². The molecule has 102 valence electrons. The Hall–Kier alpha value is -2.42. The zero-order valence-electron chi connectivity index (χ0n) is 11.4. The molecule has 0 radical (unpaired) electrons. The molecule has 3 heteroatoms. The molecule has 20 heavy (non-hydrogen) atoms. The van der Waals surface area contributed by atoms with Gasteiger partial charge in [0.1, 0.15) is 0 Å². The van der Waals surface area contributed by atoms with Gasteiger partial charge in [-0.1, -0.05) is 55.5 Å². The van der Waals surface area contributed by atoms with E-state index in [1.165, 1.54) is 0 Å². The fourth-order valence-corrected chi connectivity index (χ4v) is 1.99. The summed E-state index contributed by atoms with van der Waals surface area (Å²) in [6, 6.07) is 17.4. The molecule has 0 aliphatic carbocycles. The van der Waals surface area contributed by atoms with Crippen LogP contribution >= 0.6 is 0 Å². The zero-order chi connectivity index (χ0) is 14.4. The van der Waals surface area contributed by atoms with Crippen LogP contribution in [0.25, 0.3) is 0 Å². The van der Waals surface area contributed by atoms with E-state index in [1.54, 1.807) is 36.4 Å². The van der Waals surface area contributed by atoms with Crippen LogP contribution in [0.3, 0.4) is 0 Å². The van der Waals surface area contributed by atoms with E-state index in [-0.39, 0.29) is 11.7 Å². The van der Waals surface area contributed by atoms with Crippen LogP contribution in [0, 0.1) is 0 Å². The van der Waals surface area contributed by atoms with E-state index in [1.807, 2.05) is 31.2 Å². The molecule has 0 aliphatic rings. The molecular formula is C17H17NO2. The number of hydrogen-bond acceptors (Lipinski definition) is 2. The summed E-state index contributed by atoms with van der Waals surface area (Å²) >= 11 is 0. The molecule has 0 saturated carbocycles. The molecule has 0 saturated heterocycles. The molecule has 1 unspecified atom stereocenters. The second-order valence-electron chi connectivity index (χ2n) is 4.53. The first-order valence-electron chi connectivity index (χ1n) is 6.67. The Kier molecular flexibility index (Phi) is 4.66. The molecule has 2 aromatic rings. The van der Waals surface area contributed by atoms with E-state index < -0.39 is 6.04 Å². The number of Topliss-reactive ketones (excluding diaryl/α,β-unsaturated/α-hetero) is 1. The van der Waals surface area contributed by atoms with Gasteiger partial charge >= 0.3 is 0 Å². The quantitative estimate of drug-likeness (QED) is 0.846. The maximum absolute atomic E-state index is 12.3. The summed E-state index contributed by atoms with van der Waals surface area (Å²) in [6.07, 6.45) is 0.562. The van der Waals surface area contributed by atoms with Crippen LogP contribution in [-0.2, 0) is 0 Å². The van der Waals surface area contributed by atoms with Crippen molar-refractivity contribution < 1.29 is 9.59 Å². The van der Waals surface area contributed by atoms with Crippen LogP contribution in [0.15, 0.2) is 60.7 Å². The van der Waals surface area contributed by atoms with Gasteiger partial charge in [0.05, 0.1) is 6.04 Å². The minimum absolute atomic E-state index is 0.0580. The van der Waals surface area contributed by atoms with Gasteiger partial charge in [0.25, 0.3) is 5.91 Å². The van der Waals surface area contributed by atoms with Crippen molar-refractivity contribution in [2.75, 3.05) is 0 Å². The molecule has 0 aliphatic heterocycles. The molecule has 0 fully saturated rings. The third-order valence-corrected chi connectivity index (χ3v) is 3.12. The number of rotatable bonds is 5. The van der Waals surface area contributed by atoms with Crippen molar-refractivity contribution in [2.45, 2.75) is 19.4 Å². The van der Waals surface area contributed by atoms with E-state index in [0.29, 0.717) is 17.5 Å². The van der Waals surface area contributed by atoms with Crippen LogP contribution in [0.1, 0.15) is 34.1 Å². The highest BCUT2D eigenvalue weighted by Crippen LogP contribution is 2.07. The first kappa shape index (κ1) is 14.0. The van der Waals surface area contributed by atoms with Gasteiger partial charge in [0.15, 0.2) is 5.78 Å². The highest BCUT2D eigenvalue weighted by molar-refractivity contribution is 6.04. The molecule has 1 N–H and O–H groups in total. The number of amides is 1. The lowest BCUT2D eigenvalue weighted by molar-refractivity contribution is 0.0855. The average molecular weight is 267 g/mol. The number of carbonyl (C=O) groups excluding carboxylic acids is 2. The second-order valence-corrected chi connectivity index (χ2v) is 4.53. The minimum Gasteiger partial charge on any atom is -0.342 e. The molecule has 2 aromatic carbocycles. The topological polar surface area (TPSA) is 46.2 Å². The van der Waals surface area contributed by atoms with Gasteiger partial charge in [-0.15, -0.1) is 0 Å². The standard InChI is InChI=1S/C17H17NO2/c1-2-15(16(19)13-9-5-3-6-10-13)18-17(20)14-11-7-4-8-12-14/h3-12,15H,2H2,1H3,(H,18,20). The normalized spacial score (nSPS) is 11.7. The third kappa shape index (κ3) is 3.32. The number of ketones is 1. The Morgan fingerprint density at radius 2 is 1.40 bits per heavy atom. The Bertz CT molecular complexity index is 578. The molecular weight excluding hydrogens is 250 g/mol. The maximum Gasteiger partial charge on any atom is 0.251 e. The maximum atomic E-state index is 12.3. The van der Waals surface area contributed by atoms with E-state index >= 15 is 0 Å². The summed E-state index contributed by atoms with van der Waals surface area (Å²) in [5, 5.41) is 2.79. The number of hydrogen-bond donors (Lipinski definition) is 1. The zero-order valence-corrected chi connectivity index (χ0v) is 11.4. The van der Waals surface area contributed by atoms with E-state index in [4.69, 9.17) is 0 Å². The van der Waals surface area contributed by atoms with Crippen molar-refractivity contribution >= 4 is 11.7 Å². The lowest BCUT2D eigenvalue weighted by Crippen LogP contribution is -2.40. The molecule has 0 bridgehead atoms. The van der Waals surface area contributed by atoms with Crippen LogP contribution in [0.4, 0.5) is 0 Å². The minimum atomic E-state index is -0.495. The van der Waals surface area contributed by atoms with Crippen molar-refractivity contribution in [3.8, 4) is 0 Å². The van der Waals surface area contributed by atoms with Gasteiger partial charge in [-0.25, -0.2) is 0 Å². The Morgan fingerprint density at radius 3 is 1.90 bits per heavy atom. The van der Waals surface area contributed by atoms with Crippen LogP contribution < -0.4 is 5.32 Å². The molecule has 1 amide bonds. The first-order valence-corrected chi connectivity index (χ1v) is 6.67. The summed E-state index contributed by atoms with van der Waals surface area (Å²) in [5.74, 6) is -0.279.